The first kappa shape index (κ1) is 18.8. The number of ether oxygens (including phenoxy) is 1. The summed E-state index contributed by atoms with van der Waals surface area (Å²) in [7, 11) is -0.582. The third-order valence-corrected chi connectivity index (χ3v) is 7.80. The minimum absolute atomic E-state index is 0.531. The van der Waals surface area contributed by atoms with Crippen LogP contribution < -0.4 is 20.7 Å². The van der Waals surface area contributed by atoms with Gasteiger partial charge in [0, 0.05) is 12.1 Å². The Labute approximate surface area is 178 Å². The summed E-state index contributed by atoms with van der Waals surface area (Å²) in [5.41, 5.74) is 3.44. The molecule has 0 saturated carbocycles. The smallest absolute Gasteiger partial charge is 0.292 e. The molecule has 1 aliphatic rings. The van der Waals surface area contributed by atoms with Crippen LogP contribution in [0, 0.1) is 6.92 Å². The second-order valence-electron chi connectivity index (χ2n) is 7.39. The number of aryl methyl sites for hydroxylation is 1. The molecule has 0 N–H and O–H groups in total. The maximum atomic E-state index is 6.04. The van der Waals surface area contributed by atoms with Gasteiger partial charge in [0.1, 0.15) is 5.75 Å². The largest absolute Gasteiger partial charge is 0.435 e. The summed E-state index contributed by atoms with van der Waals surface area (Å²) < 4.78 is 8.20. The summed E-state index contributed by atoms with van der Waals surface area (Å²) >= 11 is 0. The fourth-order valence-corrected chi connectivity index (χ4v) is 6.14. The van der Waals surface area contributed by atoms with Gasteiger partial charge in [-0.15, -0.1) is 0 Å². The number of nitrogens with zero attached hydrogens (tertiary/aromatic N) is 1. The molecular weight excluding hydrogens is 385 g/mol. The Morgan fingerprint density at radius 2 is 1.27 bits per heavy atom. The lowest BCUT2D eigenvalue weighted by Gasteiger charge is -2.19. The van der Waals surface area contributed by atoms with Crippen molar-refractivity contribution < 1.29 is 9.31 Å². The van der Waals surface area contributed by atoms with E-state index in [9.17, 15) is 0 Å². The van der Waals surface area contributed by atoms with Gasteiger partial charge in [-0.05, 0) is 54.5 Å². The fraction of sp³-hybridized carbons (Fsp3) is 0.0741. The van der Waals surface area contributed by atoms with Crippen LogP contribution in [0.15, 0.2) is 103 Å². The molecular formula is C27H23NOP+. The molecule has 0 unspecified atom stereocenters. The Hall–Kier alpha value is -3.22. The number of fused-ring (bicyclic) bond motifs is 1. The number of para-hydroxylation sites is 1. The summed E-state index contributed by atoms with van der Waals surface area (Å²) in [5, 5.41) is 4.08. The van der Waals surface area contributed by atoms with E-state index in [0.717, 1.165) is 17.0 Å². The minimum atomic E-state index is -0.582. The van der Waals surface area contributed by atoms with Crippen LogP contribution in [0.2, 0.25) is 0 Å². The lowest BCUT2D eigenvalue weighted by molar-refractivity contribution is -0.476. The van der Waals surface area contributed by atoms with Crippen LogP contribution in [-0.4, -0.2) is 17.5 Å². The van der Waals surface area contributed by atoms with Crippen LogP contribution in [0.1, 0.15) is 11.1 Å². The Bertz CT molecular complexity index is 1150. The van der Waals surface area contributed by atoms with Gasteiger partial charge in [0.05, 0.1) is 5.56 Å². The number of rotatable bonds is 4. The number of hydrogen-bond donors (Lipinski definition) is 0. The van der Waals surface area contributed by atoms with Crippen LogP contribution in [0.5, 0.6) is 5.75 Å². The molecule has 4 aromatic carbocycles. The van der Waals surface area contributed by atoms with Gasteiger partial charge < -0.3 is 4.74 Å². The standard InChI is InChI=1S/C27H23NOP/c1-21-9-8-10-22-19-28(20-29-27(21)22)23-15-17-26(18-16-23)30(24-11-4-2-5-12-24)25-13-6-3-7-14-25/h2-19H,20H2,1H3/q+1. The second-order valence-corrected chi connectivity index (χ2v) is 9.61. The molecule has 0 radical (unpaired) electrons. The summed E-state index contributed by atoms with van der Waals surface area (Å²) in [6.45, 7) is 2.62. The van der Waals surface area contributed by atoms with Crippen molar-refractivity contribution in [2.45, 2.75) is 6.92 Å². The van der Waals surface area contributed by atoms with E-state index in [2.05, 4.69) is 121 Å². The van der Waals surface area contributed by atoms with Crippen molar-refractivity contribution in [1.82, 2.24) is 0 Å². The fourth-order valence-electron chi connectivity index (χ4n) is 3.86. The zero-order valence-electron chi connectivity index (χ0n) is 16.9. The van der Waals surface area contributed by atoms with Gasteiger partial charge in [-0.1, -0.05) is 72.8 Å². The maximum Gasteiger partial charge on any atom is 0.292 e. The highest BCUT2D eigenvalue weighted by Gasteiger charge is 2.21. The molecule has 2 nitrogen and oxygen atoms in total. The summed E-state index contributed by atoms with van der Waals surface area (Å²) in [6.07, 6.45) is 2.18. The van der Waals surface area contributed by atoms with Crippen LogP contribution in [0.4, 0.5) is 5.69 Å². The van der Waals surface area contributed by atoms with Gasteiger partial charge in [0.25, 0.3) is 6.73 Å². The van der Waals surface area contributed by atoms with E-state index in [1.807, 2.05) is 0 Å². The molecule has 1 heterocycles. The monoisotopic (exact) mass is 408 g/mol. The van der Waals surface area contributed by atoms with Gasteiger partial charge >= 0.3 is 0 Å². The topological polar surface area (TPSA) is 12.2 Å². The van der Waals surface area contributed by atoms with E-state index in [1.54, 1.807) is 0 Å². The zero-order valence-corrected chi connectivity index (χ0v) is 17.8. The van der Waals surface area contributed by atoms with Gasteiger partial charge in [-0.25, -0.2) is 0 Å². The van der Waals surface area contributed by atoms with Crippen molar-refractivity contribution in [3.05, 3.63) is 114 Å². The first-order valence-electron chi connectivity index (χ1n) is 10.1. The third kappa shape index (κ3) is 3.67. The maximum absolute atomic E-state index is 6.04. The van der Waals surface area contributed by atoms with Crippen molar-refractivity contribution in [3.8, 4) is 5.75 Å². The van der Waals surface area contributed by atoms with E-state index < -0.39 is 7.92 Å². The average molecular weight is 408 g/mol. The lowest BCUT2D eigenvalue weighted by Crippen LogP contribution is -2.22. The van der Waals surface area contributed by atoms with E-state index in [0.29, 0.717) is 6.73 Å². The molecule has 0 amide bonds. The highest BCUT2D eigenvalue weighted by molar-refractivity contribution is 7.79. The Morgan fingerprint density at radius 1 is 0.667 bits per heavy atom. The molecule has 0 saturated heterocycles. The third-order valence-electron chi connectivity index (χ3n) is 5.35. The molecule has 0 aliphatic carbocycles. The molecule has 0 atom stereocenters. The molecule has 5 rings (SSSR count). The van der Waals surface area contributed by atoms with Gasteiger partial charge in [-0.3, -0.25) is 0 Å². The lowest BCUT2D eigenvalue weighted by atomic mass is 10.1. The van der Waals surface area contributed by atoms with Crippen LogP contribution >= 0.6 is 7.92 Å². The van der Waals surface area contributed by atoms with Crippen molar-refractivity contribution in [2.75, 3.05) is 6.73 Å². The van der Waals surface area contributed by atoms with E-state index in [-0.39, 0.29) is 0 Å². The van der Waals surface area contributed by atoms with Crippen LogP contribution in [0.25, 0.3) is 0 Å². The van der Waals surface area contributed by atoms with E-state index in [4.69, 9.17) is 4.74 Å². The number of hydrogen-bond acceptors (Lipinski definition) is 1. The molecule has 30 heavy (non-hydrogen) atoms. The van der Waals surface area contributed by atoms with Crippen molar-refractivity contribution in [1.29, 1.82) is 0 Å². The van der Waals surface area contributed by atoms with Crippen molar-refractivity contribution >= 4 is 35.7 Å². The summed E-state index contributed by atoms with van der Waals surface area (Å²) in [4.78, 5) is 0. The molecule has 0 bridgehead atoms. The summed E-state index contributed by atoms with van der Waals surface area (Å²) in [5.74, 6) is 0.988. The molecule has 0 aromatic heterocycles. The van der Waals surface area contributed by atoms with E-state index in [1.165, 1.54) is 21.5 Å². The molecule has 4 aromatic rings. The van der Waals surface area contributed by atoms with Gasteiger partial charge in [-0.2, -0.15) is 4.58 Å². The van der Waals surface area contributed by atoms with E-state index >= 15 is 0 Å². The van der Waals surface area contributed by atoms with Gasteiger partial charge in [0.2, 0.25) is 5.69 Å². The number of benzene rings is 4. The van der Waals surface area contributed by atoms with Crippen molar-refractivity contribution in [2.24, 2.45) is 0 Å². The molecule has 0 spiro atoms. The Balaban J connectivity index is 1.51. The first-order valence-corrected chi connectivity index (χ1v) is 11.5. The quantitative estimate of drug-likeness (QED) is 0.347. The van der Waals surface area contributed by atoms with Crippen LogP contribution in [-0.2, 0) is 0 Å². The van der Waals surface area contributed by atoms with Crippen LogP contribution in [0.3, 0.4) is 0 Å². The molecule has 3 heteroatoms. The minimum Gasteiger partial charge on any atom is -0.435 e. The average Bonchev–Trinajstić information content (AvgIpc) is 2.81. The SMILES string of the molecule is Cc1cccc2c1OC[N+](c1ccc(P(c3ccccc3)c3ccccc3)cc1)=C2. The predicted octanol–water partition coefficient (Wildman–Crippen LogP) is 4.87. The zero-order chi connectivity index (χ0) is 20.3. The molecule has 1 aliphatic heterocycles. The second kappa shape index (κ2) is 8.26. The Kier molecular flexibility index (Phi) is 5.17. The molecule has 146 valence electrons. The highest BCUT2D eigenvalue weighted by atomic mass is 31.1. The van der Waals surface area contributed by atoms with Gasteiger partial charge in [0.15, 0.2) is 6.21 Å². The predicted molar refractivity (Wildman–Crippen MR) is 127 cm³/mol. The summed E-state index contributed by atoms with van der Waals surface area (Å²) in [6, 6.07) is 36.8. The normalized spacial score (nSPS) is 12.8. The highest BCUT2D eigenvalue weighted by Crippen LogP contribution is 2.33. The first-order chi connectivity index (χ1) is 14.8. The van der Waals surface area contributed by atoms with Crippen molar-refractivity contribution in [3.63, 3.8) is 0 Å². The molecule has 0 fully saturated rings. The Morgan fingerprint density at radius 3 is 1.90 bits per heavy atom.